The van der Waals surface area contributed by atoms with Gasteiger partial charge in [-0.1, -0.05) is 25.1 Å². The Morgan fingerprint density at radius 1 is 1.38 bits per heavy atom. The van der Waals surface area contributed by atoms with Crippen molar-refractivity contribution in [2.45, 2.75) is 38.2 Å². The molecule has 24 heavy (non-hydrogen) atoms. The molecule has 1 aliphatic rings. The third-order valence-corrected chi connectivity index (χ3v) is 4.51. The smallest absolute Gasteiger partial charge is 0.263 e. The fraction of sp³-hybridized carbons (Fsp3) is 0.500. The number of para-hydroxylation sites is 1. The van der Waals surface area contributed by atoms with E-state index < -0.39 is 6.10 Å². The molecule has 128 valence electrons. The maximum atomic E-state index is 12.9. The number of aryl methyl sites for hydroxylation is 1. The molecule has 1 aliphatic heterocycles. The normalized spacial score (nSPS) is 19.1. The van der Waals surface area contributed by atoms with E-state index in [0.29, 0.717) is 13.0 Å². The topological polar surface area (TPSA) is 60.2 Å². The summed E-state index contributed by atoms with van der Waals surface area (Å²) in [5.74, 6) is 1.99. The predicted molar refractivity (Wildman–Crippen MR) is 90.7 cm³/mol. The number of nitrogens with zero attached hydrogens (tertiary/aromatic N) is 4. The van der Waals surface area contributed by atoms with Crippen LogP contribution in [0.1, 0.15) is 37.9 Å². The average molecular weight is 328 g/mol. The molecule has 3 rings (SSSR count). The third-order valence-electron chi connectivity index (χ3n) is 4.51. The number of ether oxygens (including phenoxy) is 1. The highest BCUT2D eigenvalue weighted by atomic mass is 16.5. The summed E-state index contributed by atoms with van der Waals surface area (Å²) in [5.41, 5.74) is 0. The minimum absolute atomic E-state index is 0.0632. The quantitative estimate of drug-likeness (QED) is 0.845. The van der Waals surface area contributed by atoms with Crippen LogP contribution in [0, 0.1) is 0 Å². The Bertz CT molecular complexity index is 671. The van der Waals surface area contributed by atoms with Gasteiger partial charge in [0, 0.05) is 26.1 Å². The molecule has 2 heterocycles. The number of aromatic nitrogens is 3. The molecule has 2 aromatic rings. The number of piperidine rings is 1. The first-order chi connectivity index (χ1) is 11.7. The van der Waals surface area contributed by atoms with E-state index in [4.69, 9.17) is 4.74 Å². The second-order valence-electron chi connectivity index (χ2n) is 6.25. The Hall–Kier alpha value is -2.37. The van der Waals surface area contributed by atoms with Crippen molar-refractivity contribution < 1.29 is 9.53 Å². The van der Waals surface area contributed by atoms with Gasteiger partial charge in [-0.25, -0.2) is 0 Å². The van der Waals surface area contributed by atoms with Crippen molar-refractivity contribution in [1.82, 2.24) is 19.7 Å². The highest BCUT2D eigenvalue weighted by Gasteiger charge is 2.31. The van der Waals surface area contributed by atoms with Gasteiger partial charge in [0.15, 0.2) is 6.10 Å². The first-order valence-corrected chi connectivity index (χ1v) is 8.53. The monoisotopic (exact) mass is 328 g/mol. The van der Waals surface area contributed by atoms with Gasteiger partial charge < -0.3 is 14.2 Å². The van der Waals surface area contributed by atoms with Gasteiger partial charge in [-0.2, -0.15) is 0 Å². The Kier molecular flexibility index (Phi) is 5.13. The van der Waals surface area contributed by atoms with E-state index in [2.05, 4.69) is 10.2 Å². The standard InChI is InChI=1S/C18H24N4O2/c1-3-16(24-15-9-5-4-6-10-15)18(23)22-11-7-8-14(12-22)17-20-19-13-21(17)2/h4-6,9-10,13-14,16H,3,7-8,11-12H2,1-2H3/t14-,16+/m0/s1. The van der Waals surface area contributed by atoms with Crippen LogP contribution in [0.2, 0.25) is 0 Å². The molecule has 0 N–H and O–H groups in total. The number of hydrogen-bond donors (Lipinski definition) is 0. The number of carbonyl (C=O) groups is 1. The number of hydrogen-bond acceptors (Lipinski definition) is 4. The Morgan fingerprint density at radius 2 is 2.17 bits per heavy atom. The van der Waals surface area contributed by atoms with Crippen LogP contribution in [0.4, 0.5) is 0 Å². The summed E-state index contributed by atoms with van der Waals surface area (Å²) in [6.07, 6.45) is 3.94. The molecule has 6 nitrogen and oxygen atoms in total. The second kappa shape index (κ2) is 7.47. The lowest BCUT2D eigenvalue weighted by Crippen LogP contribution is -2.46. The fourth-order valence-corrected chi connectivity index (χ4v) is 3.23. The van der Waals surface area contributed by atoms with Crippen LogP contribution < -0.4 is 4.74 Å². The van der Waals surface area contributed by atoms with Crippen molar-refractivity contribution in [2.24, 2.45) is 7.05 Å². The van der Waals surface area contributed by atoms with E-state index in [1.807, 2.05) is 53.8 Å². The van der Waals surface area contributed by atoms with E-state index in [1.165, 1.54) is 0 Å². The van der Waals surface area contributed by atoms with Gasteiger partial charge in [-0.3, -0.25) is 4.79 Å². The average Bonchev–Trinajstić information content (AvgIpc) is 3.06. The van der Waals surface area contributed by atoms with Crippen LogP contribution >= 0.6 is 0 Å². The van der Waals surface area contributed by atoms with E-state index in [9.17, 15) is 4.79 Å². The van der Waals surface area contributed by atoms with Crippen LogP contribution in [0.25, 0.3) is 0 Å². The number of carbonyl (C=O) groups excluding carboxylic acids is 1. The van der Waals surface area contributed by atoms with Gasteiger partial charge in [-0.05, 0) is 31.4 Å². The van der Waals surface area contributed by atoms with Gasteiger partial charge in [0.2, 0.25) is 0 Å². The van der Waals surface area contributed by atoms with E-state index >= 15 is 0 Å². The molecule has 1 aromatic carbocycles. The number of rotatable bonds is 5. The summed E-state index contributed by atoms with van der Waals surface area (Å²) in [7, 11) is 1.95. The minimum Gasteiger partial charge on any atom is -0.481 e. The van der Waals surface area contributed by atoms with E-state index in [-0.39, 0.29) is 11.8 Å². The van der Waals surface area contributed by atoms with Crippen LogP contribution in [-0.2, 0) is 11.8 Å². The first-order valence-electron chi connectivity index (χ1n) is 8.53. The van der Waals surface area contributed by atoms with Crippen LogP contribution in [0.15, 0.2) is 36.7 Å². The maximum Gasteiger partial charge on any atom is 0.263 e. The first kappa shape index (κ1) is 16.5. The summed E-state index contributed by atoms with van der Waals surface area (Å²) in [5, 5.41) is 8.17. The number of amides is 1. The molecule has 1 amide bonds. The second-order valence-corrected chi connectivity index (χ2v) is 6.25. The van der Waals surface area contributed by atoms with Crippen molar-refractivity contribution in [3.05, 3.63) is 42.5 Å². The molecule has 0 aliphatic carbocycles. The molecular formula is C18H24N4O2. The predicted octanol–water partition coefficient (Wildman–Crippen LogP) is 2.38. The SMILES string of the molecule is CC[C@@H](Oc1ccccc1)C(=O)N1CCC[C@H](c2nncn2C)C1. The number of likely N-dealkylation sites (tertiary alicyclic amines) is 1. The highest BCUT2D eigenvalue weighted by molar-refractivity contribution is 5.81. The fourth-order valence-electron chi connectivity index (χ4n) is 3.23. The lowest BCUT2D eigenvalue weighted by Gasteiger charge is -2.34. The largest absolute Gasteiger partial charge is 0.481 e. The molecule has 1 saturated heterocycles. The molecule has 0 saturated carbocycles. The van der Waals surface area contributed by atoms with Crippen molar-refractivity contribution >= 4 is 5.91 Å². The molecule has 0 bridgehead atoms. The molecule has 2 atom stereocenters. The zero-order valence-corrected chi connectivity index (χ0v) is 14.3. The highest BCUT2D eigenvalue weighted by Crippen LogP contribution is 2.26. The summed E-state index contributed by atoms with van der Waals surface area (Å²) >= 11 is 0. The molecule has 1 aromatic heterocycles. The van der Waals surface area contributed by atoms with E-state index in [0.717, 1.165) is 31.0 Å². The maximum absolute atomic E-state index is 12.9. The Labute approximate surface area is 142 Å². The van der Waals surface area contributed by atoms with Crippen molar-refractivity contribution in [3.8, 4) is 5.75 Å². The lowest BCUT2D eigenvalue weighted by atomic mass is 9.96. The molecule has 0 spiro atoms. The molecule has 6 heteroatoms. The molecule has 0 radical (unpaired) electrons. The van der Waals surface area contributed by atoms with Gasteiger partial charge in [0.05, 0.1) is 0 Å². The number of benzene rings is 1. The minimum atomic E-state index is -0.439. The van der Waals surface area contributed by atoms with Crippen molar-refractivity contribution in [1.29, 1.82) is 0 Å². The van der Waals surface area contributed by atoms with E-state index in [1.54, 1.807) is 6.33 Å². The third kappa shape index (κ3) is 3.58. The van der Waals surface area contributed by atoms with Gasteiger partial charge in [0.25, 0.3) is 5.91 Å². The van der Waals surface area contributed by atoms with Gasteiger partial charge in [-0.15, -0.1) is 10.2 Å². The summed E-state index contributed by atoms with van der Waals surface area (Å²) in [6.45, 7) is 3.44. The summed E-state index contributed by atoms with van der Waals surface area (Å²) in [4.78, 5) is 14.8. The van der Waals surface area contributed by atoms with Crippen LogP contribution in [0.3, 0.4) is 0 Å². The van der Waals surface area contributed by atoms with Gasteiger partial charge >= 0.3 is 0 Å². The summed E-state index contributed by atoms with van der Waals surface area (Å²) in [6, 6.07) is 9.53. The van der Waals surface area contributed by atoms with Crippen molar-refractivity contribution in [3.63, 3.8) is 0 Å². The Morgan fingerprint density at radius 3 is 2.83 bits per heavy atom. The van der Waals surface area contributed by atoms with Gasteiger partial charge in [0.1, 0.15) is 17.9 Å². The summed E-state index contributed by atoms with van der Waals surface area (Å²) < 4.78 is 7.84. The Balaban J connectivity index is 1.67. The van der Waals surface area contributed by atoms with Crippen molar-refractivity contribution in [2.75, 3.05) is 13.1 Å². The lowest BCUT2D eigenvalue weighted by molar-refractivity contribution is -0.140. The molecule has 0 unspecified atom stereocenters. The zero-order chi connectivity index (χ0) is 16.9. The molecule has 1 fully saturated rings. The zero-order valence-electron chi connectivity index (χ0n) is 14.3. The van der Waals surface area contributed by atoms with Crippen LogP contribution in [-0.4, -0.2) is 44.8 Å². The molecular weight excluding hydrogens is 304 g/mol. The van der Waals surface area contributed by atoms with Crippen LogP contribution in [0.5, 0.6) is 5.75 Å².